The molecular formula is C10H11F3LiNO2. The van der Waals surface area contributed by atoms with E-state index in [9.17, 15) is 18.0 Å². The van der Waals surface area contributed by atoms with Crippen LogP contribution in [0.4, 0.5) is 13.2 Å². The van der Waals surface area contributed by atoms with E-state index in [4.69, 9.17) is 5.11 Å². The molecule has 1 aromatic heterocycles. The quantitative estimate of drug-likeness (QED) is 0.725. The van der Waals surface area contributed by atoms with Crippen molar-refractivity contribution >= 4 is 5.97 Å². The van der Waals surface area contributed by atoms with Crippen molar-refractivity contribution < 1.29 is 43.4 Å². The van der Waals surface area contributed by atoms with Crippen LogP contribution >= 0.6 is 0 Å². The topological polar surface area (TPSA) is 50.2 Å². The minimum Gasteiger partial charge on any atom is -1.00 e. The maximum Gasteiger partial charge on any atom is 1.00 e. The molecule has 3 nitrogen and oxygen atoms in total. The third kappa shape index (κ3) is 4.80. The number of hydrogen-bond acceptors (Lipinski definition) is 2. The number of halogens is 3. The van der Waals surface area contributed by atoms with Gasteiger partial charge in [0.1, 0.15) is 0 Å². The number of aromatic nitrogens is 1. The molecule has 90 valence electrons. The molecule has 0 saturated carbocycles. The van der Waals surface area contributed by atoms with E-state index in [1.807, 2.05) is 0 Å². The Balaban J connectivity index is 0. The van der Waals surface area contributed by atoms with Gasteiger partial charge < -0.3 is 6.53 Å². The molecule has 0 amide bonds. The summed E-state index contributed by atoms with van der Waals surface area (Å²) in [5.41, 5.74) is 0.153. The average molecular weight is 241 g/mol. The molecule has 0 aromatic carbocycles. The minimum absolute atomic E-state index is 0. The molecule has 1 aromatic rings. The Labute approximate surface area is 110 Å². The predicted octanol–water partition coefficient (Wildman–Crippen LogP) is -0.509. The Morgan fingerprint density at radius 2 is 2.18 bits per heavy atom. The first-order valence-electron chi connectivity index (χ1n) is 4.54. The maximum absolute atomic E-state index is 12.4. The van der Waals surface area contributed by atoms with E-state index in [2.05, 4.69) is 4.98 Å². The molecule has 0 bridgehead atoms. The van der Waals surface area contributed by atoms with Crippen molar-refractivity contribution in [2.75, 3.05) is 0 Å². The number of hydrogen-bond donors (Lipinski definition) is 1. The largest absolute Gasteiger partial charge is 1.00 e. The van der Waals surface area contributed by atoms with Gasteiger partial charge in [0.2, 0.25) is 0 Å². The van der Waals surface area contributed by atoms with E-state index in [0.717, 1.165) is 6.92 Å². The van der Waals surface area contributed by atoms with E-state index in [-0.39, 0.29) is 38.0 Å². The van der Waals surface area contributed by atoms with Crippen LogP contribution in [0.1, 0.15) is 25.5 Å². The van der Waals surface area contributed by atoms with Crippen molar-refractivity contribution in [1.29, 1.82) is 0 Å². The molecule has 0 aliphatic heterocycles. The summed E-state index contributed by atoms with van der Waals surface area (Å²) >= 11 is 0. The molecule has 7 heteroatoms. The Kier molecular flexibility index (Phi) is 5.72. The summed E-state index contributed by atoms with van der Waals surface area (Å²) in [5.74, 6) is -2.74. The summed E-state index contributed by atoms with van der Waals surface area (Å²) in [6.45, 7) is 1.03. The van der Waals surface area contributed by atoms with Gasteiger partial charge in [-0.2, -0.15) is 13.2 Å². The van der Waals surface area contributed by atoms with Gasteiger partial charge in [0.25, 0.3) is 0 Å². The fourth-order valence-corrected chi connectivity index (χ4v) is 1.21. The van der Waals surface area contributed by atoms with Crippen LogP contribution in [0.3, 0.4) is 0 Å². The zero-order valence-electron chi connectivity index (χ0n) is 10.5. The maximum atomic E-state index is 12.4. The van der Waals surface area contributed by atoms with Gasteiger partial charge in [0.05, 0.1) is 18.0 Å². The Morgan fingerprint density at radius 3 is 2.65 bits per heavy atom. The van der Waals surface area contributed by atoms with Crippen molar-refractivity contribution in [3.63, 3.8) is 0 Å². The van der Waals surface area contributed by atoms with Crippen LogP contribution in [0.15, 0.2) is 18.3 Å². The third-order valence-electron chi connectivity index (χ3n) is 2.16. The zero-order chi connectivity index (χ0) is 12.3. The summed E-state index contributed by atoms with van der Waals surface area (Å²) < 4.78 is 37.2. The smallest absolute Gasteiger partial charge is 1.00 e. The molecule has 0 radical (unpaired) electrons. The number of alkyl halides is 3. The summed E-state index contributed by atoms with van der Waals surface area (Å²) in [6, 6.07) is 2.41. The van der Waals surface area contributed by atoms with Gasteiger partial charge in [0, 0.05) is 6.20 Å². The van der Waals surface area contributed by atoms with Crippen LogP contribution in [0.5, 0.6) is 0 Å². The van der Waals surface area contributed by atoms with E-state index in [0.29, 0.717) is 0 Å². The number of pyridine rings is 1. The molecule has 0 aliphatic rings. The number of carboxylic acid groups (broad SMARTS) is 1. The second-order valence-corrected chi connectivity index (χ2v) is 3.41. The Hall–Kier alpha value is -0.993. The second kappa shape index (κ2) is 6.08. The van der Waals surface area contributed by atoms with Crippen molar-refractivity contribution in [3.05, 3.63) is 29.6 Å². The standard InChI is InChI=1S/C10H10F3NO2.Li.H/c1-6(10(11,12)13)7-2-3-14-8(4-7)5-9(15)16;;/h2-4,6H,5H2,1H3,(H,15,16);;/q;+1;-1. The zero-order valence-corrected chi connectivity index (χ0v) is 9.45. The van der Waals surface area contributed by atoms with Crippen LogP contribution in [-0.4, -0.2) is 22.2 Å². The van der Waals surface area contributed by atoms with Crippen molar-refractivity contribution in [1.82, 2.24) is 4.98 Å². The molecule has 1 atom stereocenters. The number of carboxylic acids is 1. The normalized spacial score (nSPS) is 12.7. The number of rotatable bonds is 3. The van der Waals surface area contributed by atoms with E-state index in [1.54, 1.807) is 0 Å². The van der Waals surface area contributed by atoms with E-state index in [1.165, 1.54) is 18.3 Å². The van der Waals surface area contributed by atoms with Gasteiger partial charge in [0.15, 0.2) is 0 Å². The molecule has 17 heavy (non-hydrogen) atoms. The van der Waals surface area contributed by atoms with Crippen molar-refractivity contribution in [3.8, 4) is 0 Å². The van der Waals surface area contributed by atoms with Crippen LogP contribution in [0, 0.1) is 0 Å². The van der Waals surface area contributed by atoms with Crippen molar-refractivity contribution in [2.45, 2.75) is 25.4 Å². The fraction of sp³-hybridized carbons (Fsp3) is 0.400. The van der Waals surface area contributed by atoms with Crippen LogP contribution in [0.25, 0.3) is 0 Å². The first kappa shape index (κ1) is 16.0. The Bertz CT molecular complexity index is 401. The van der Waals surface area contributed by atoms with Gasteiger partial charge in [-0.25, -0.2) is 0 Å². The van der Waals surface area contributed by atoms with Crippen LogP contribution < -0.4 is 18.9 Å². The van der Waals surface area contributed by atoms with Crippen LogP contribution in [0.2, 0.25) is 0 Å². The van der Waals surface area contributed by atoms with Gasteiger partial charge >= 0.3 is 31.0 Å². The van der Waals surface area contributed by atoms with Gasteiger partial charge in [-0.1, -0.05) is 0 Å². The predicted molar refractivity (Wildman–Crippen MR) is 51.2 cm³/mol. The van der Waals surface area contributed by atoms with Gasteiger partial charge in [-0.05, 0) is 24.6 Å². The van der Waals surface area contributed by atoms with E-state index >= 15 is 0 Å². The molecule has 0 fully saturated rings. The number of nitrogens with zero attached hydrogens (tertiary/aromatic N) is 1. The molecule has 1 heterocycles. The van der Waals surface area contributed by atoms with Crippen molar-refractivity contribution in [2.24, 2.45) is 0 Å². The fourth-order valence-electron chi connectivity index (χ4n) is 1.21. The summed E-state index contributed by atoms with van der Waals surface area (Å²) in [5, 5.41) is 8.49. The second-order valence-electron chi connectivity index (χ2n) is 3.41. The monoisotopic (exact) mass is 241 g/mol. The first-order chi connectivity index (χ1) is 7.30. The summed E-state index contributed by atoms with van der Waals surface area (Å²) in [7, 11) is 0. The summed E-state index contributed by atoms with van der Waals surface area (Å²) in [6.07, 6.45) is -3.52. The number of carbonyl (C=O) groups is 1. The molecule has 0 aliphatic carbocycles. The number of aliphatic carboxylic acids is 1. The molecule has 1 unspecified atom stereocenters. The molecular weight excluding hydrogens is 230 g/mol. The molecule has 0 saturated heterocycles. The average Bonchev–Trinajstić information content (AvgIpc) is 2.14. The van der Waals surface area contributed by atoms with E-state index < -0.39 is 18.1 Å². The van der Waals surface area contributed by atoms with Crippen LogP contribution in [-0.2, 0) is 11.2 Å². The molecule has 1 N–H and O–H groups in total. The molecule has 0 spiro atoms. The van der Waals surface area contributed by atoms with Gasteiger partial charge in [-0.15, -0.1) is 0 Å². The SMILES string of the molecule is CC(c1ccnc(CC(=O)O)c1)C(F)(F)F.[H-].[Li+]. The molecule has 1 rings (SSSR count). The minimum atomic E-state index is -4.33. The summed E-state index contributed by atoms with van der Waals surface area (Å²) in [4.78, 5) is 14.1. The first-order valence-corrected chi connectivity index (χ1v) is 4.54. The van der Waals surface area contributed by atoms with Gasteiger partial charge in [-0.3, -0.25) is 9.78 Å². The Morgan fingerprint density at radius 1 is 1.59 bits per heavy atom. The third-order valence-corrected chi connectivity index (χ3v) is 2.16.